The fourth-order valence-corrected chi connectivity index (χ4v) is 5.59. The number of carbonyl (C=O) groups excluding carboxylic acids is 1. The fourth-order valence-electron chi connectivity index (χ4n) is 4.43. The maximum Gasteiger partial charge on any atom is 0.326 e. The third-order valence-corrected chi connectivity index (χ3v) is 8.10. The van der Waals surface area contributed by atoms with Crippen molar-refractivity contribution in [2.24, 2.45) is 0 Å². The predicted molar refractivity (Wildman–Crippen MR) is 130 cm³/mol. The number of benzene rings is 2. The summed E-state index contributed by atoms with van der Waals surface area (Å²) >= 11 is 0. The Balaban J connectivity index is 0.00000289. The van der Waals surface area contributed by atoms with Gasteiger partial charge in [-0.05, 0) is 61.2 Å². The van der Waals surface area contributed by atoms with Crippen molar-refractivity contribution in [3.63, 3.8) is 0 Å². The third kappa shape index (κ3) is 4.44. The van der Waals surface area contributed by atoms with Crippen molar-refractivity contribution < 1.29 is 17.9 Å². The number of anilines is 2. The molecule has 0 saturated carbocycles. The number of Topliss-reactive ketones (excluding diaryl/α,β-unsaturated/α-hetero) is 1. The Hall–Kier alpha value is -2.29. The molecule has 32 heavy (non-hydrogen) atoms. The highest BCUT2D eigenvalue weighted by atomic mass is 35.5. The molecule has 2 aromatic carbocycles. The molecule has 0 atom stereocenters. The zero-order chi connectivity index (χ0) is 22.2. The largest absolute Gasteiger partial charge is 0.496 e. The van der Waals surface area contributed by atoms with Crippen LogP contribution in [0.2, 0.25) is 0 Å². The number of hydrogen-bond acceptors (Lipinski definition) is 5. The van der Waals surface area contributed by atoms with Gasteiger partial charge in [-0.25, -0.2) is 0 Å². The van der Waals surface area contributed by atoms with Crippen molar-refractivity contribution in [2.75, 3.05) is 42.9 Å². The summed E-state index contributed by atoms with van der Waals surface area (Å²) in [5.74, 6) is 1.03. The molecule has 2 aromatic rings. The Morgan fingerprint density at radius 3 is 2.56 bits per heavy atom. The molecule has 2 heterocycles. The number of fused-ring (bicyclic) bond motifs is 2. The molecule has 0 bridgehead atoms. The van der Waals surface area contributed by atoms with Crippen molar-refractivity contribution in [3.8, 4) is 5.75 Å². The second-order valence-electron chi connectivity index (χ2n) is 8.15. The molecular weight excluding hydrogens is 450 g/mol. The zero-order valence-corrected chi connectivity index (χ0v) is 20.3. The maximum absolute atomic E-state index is 12.7. The maximum atomic E-state index is 12.7. The second kappa shape index (κ2) is 9.68. The van der Waals surface area contributed by atoms with Gasteiger partial charge in [-0.15, -0.1) is 12.4 Å². The summed E-state index contributed by atoms with van der Waals surface area (Å²) in [4.78, 5) is 15.1. The van der Waals surface area contributed by atoms with E-state index in [0.29, 0.717) is 23.4 Å². The Morgan fingerprint density at radius 1 is 1.06 bits per heavy atom. The minimum absolute atomic E-state index is 0. The van der Waals surface area contributed by atoms with Gasteiger partial charge in [0, 0.05) is 39.2 Å². The van der Waals surface area contributed by atoms with E-state index >= 15 is 0 Å². The van der Waals surface area contributed by atoms with Crippen molar-refractivity contribution >= 4 is 39.8 Å². The highest BCUT2D eigenvalue weighted by Crippen LogP contribution is 2.39. The normalized spacial score (nSPS) is 16.8. The van der Waals surface area contributed by atoms with Crippen LogP contribution in [0.3, 0.4) is 0 Å². The second-order valence-corrected chi connectivity index (χ2v) is 10.1. The lowest BCUT2D eigenvalue weighted by Gasteiger charge is -2.29. The summed E-state index contributed by atoms with van der Waals surface area (Å²) in [6.45, 7) is 2.87. The van der Waals surface area contributed by atoms with E-state index in [1.54, 1.807) is 25.3 Å². The third-order valence-electron chi connectivity index (χ3n) is 6.32. The van der Waals surface area contributed by atoms with Gasteiger partial charge in [0.15, 0.2) is 5.78 Å². The molecule has 4 rings (SSSR count). The SMILES string of the molecule is COc1cccc2c1CCN(CCCCC(=O)c1ccc3c(c1)N(C)S(=O)(=O)N3C)C2.Cl. The summed E-state index contributed by atoms with van der Waals surface area (Å²) in [6, 6.07) is 11.3. The summed E-state index contributed by atoms with van der Waals surface area (Å²) in [5.41, 5.74) is 4.35. The molecule has 0 aromatic heterocycles. The van der Waals surface area contributed by atoms with Gasteiger partial charge >= 0.3 is 10.2 Å². The van der Waals surface area contributed by atoms with E-state index in [0.717, 1.165) is 44.6 Å². The standard InChI is InChI=1S/C23H29N3O4S.ClH/c1-24-20-11-10-17(15-21(20)25(2)31(24,28)29)22(27)8-4-5-13-26-14-12-19-18(16-26)7-6-9-23(19)30-3;/h6-7,9-11,15H,4-5,8,12-14,16H2,1-3H3;1H. The molecular formula is C23H30ClN3O4S. The Bertz CT molecular complexity index is 1110. The number of ketones is 1. The number of methoxy groups -OCH3 is 1. The number of ether oxygens (including phenoxy) is 1. The summed E-state index contributed by atoms with van der Waals surface area (Å²) < 4.78 is 32.5. The molecule has 0 fully saturated rings. The van der Waals surface area contributed by atoms with Gasteiger partial charge in [0.25, 0.3) is 0 Å². The molecule has 0 N–H and O–H groups in total. The molecule has 0 saturated heterocycles. The highest BCUT2D eigenvalue weighted by molar-refractivity contribution is 7.94. The van der Waals surface area contributed by atoms with Crippen molar-refractivity contribution in [1.29, 1.82) is 0 Å². The molecule has 0 unspecified atom stereocenters. The minimum Gasteiger partial charge on any atom is -0.496 e. The van der Waals surface area contributed by atoms with Crippen molar-refractivity contribution in [2.45, 2.75) is 32.2 Å². The Kier molecular flexibility index (Phi) is 7.37. The van der Waals surface area contributed by atoms with E-state index in [1.807, 2.05) is 12.1 Å². The van der Waals surface area contributed by atoms with Crippen molar-refractivity contribution in [1.82, 2.24) is 4.90 Å². The van der Waals surface area contributed by atoms with Gasteiger partial charge in [-0.2, -0.15) is 8.42 Å². The lowest BCUT2D eigenvalue weighted by Crippen LogP contribution is -2.32. The first-order valence-corrected chi connectivity index (χ1v) is 12.0. The average Bonchev–Trinajstić information content (AvgIpc) is 2.95. The smallest absolute Gasteiger partial charge is 0.326 e. The lowest BCUT2D eigenvalue weighted by atomic mass is 9.98. The van der Waals surface area contributed by atoms with E-state index in [2.05, 4.69) is 11.0 Å². The number of halogens is 1. The molecule has 0 amide bonds. The molecule has 7 nitrogen and oxygen atoms in total. The first-order chi connectivity index (χ1) is 14.8. The number of rotatable bonds is 7. The van der Waals surface area contributed by atoms with Crippen LogP contribution < -0.4 is 13.3 Å². The van der Waals surface area contributed by atoms with E-state index in [4.69, 9.17) is 4.74 Å². The average molecular weight is 480 g/mol. The highest BCUT2D eigenvalue weighted by Gasteiger charge is 2.35. The first-order valence-electron chi connectivity index (χ1n) is 10.6. The number of unbranched alkanes of at least 4 members (excludes halogenated alkanes) is 1. The summed E-state index contributed by atoms with van der Waals surface area (Å²) in [5, 5.41) is 0. The number of carbonyl (C=O) groups is 1. The van der Waals surface area contributed by atoms with Crippen LogP contribution in [-0.4, -0.2) is 53.4 Å². The zero-order valence-electron chi connectivity index (χ0n) is 18.7. The monoisotopic (exact) mass is 479 g/mol. The van der Waals surface area contributed by atoms with Gasteiger partial charge in [0.1, 0.15) is 5.75 Å². The fraction of sp³-hybridized carbons (Fsp3) is 0.435. The van der Waals surface area contributed by atoms with Crippen LogP contribution in [0.15, 0.2) is 36.4 Å². The van der Waals surface area contributed by atoms with Crippen LogP contribution in [0, 0.1) is 0 Å². The van der Waals surface area contributed by atoms with Gasteiger partial charge in [0.2, 0.25) is 0 Å². The molecule has 0 spiro atoms. The molecule has 0 aliphatic carbocycles. The number of nitrogens with zero attached hydrogens (tertiary/aromatic N) is 3. The molecule has 0 radical (unpaired) electrons. The topological polar surface area (TPSA) is 70.2 Å². The van der Waals surface area contributed by atoms with Gasteiger partial charge < -0.3 is 4.74 Å². The molecule has 174 valence electrons. The minimum atomic E-state index is -3.52. The summed E-state index contributed by atoms with van der Waals surface area (Å²) in [6.07, 6.45) is 3.21. The Morgan fingerprint density at radius 2 is 1.81 bits per heavy atom. The van der Waals surface area contributed by atoms with Crippen LogP contribution in [-0.2, 0) is 23.2 Å². The van der Waals surface area contributed by atoms with E-state index in [1.165, 1.54) is 33.8 Å². The van der Waals surface area contributed by atoms with Crippen LogP contribution in [0.25, 0.3) is 0 Å². The van der Waals surface area contributed by atoms with Gasteiger partial charge in [0.05, 0.1) is 18.5 Å². The lowest BCUT2D eigenvalue weighted by molar-refractivity contribution is 0.0977. The van der Waals surface area contributed by atoms with E-state index in [-0.39, 0.29) is 18.2 Å². The van der Waals surface area contributed by atoms with Gasteiger partial charge in [-0.1, -0.05) is 12.1 Å². The quantitative estimate of drug-likeness (QED) is 0.447. The molecule has 9 heteroatoms. The number of hydrogen-bond donors (Lipinski definition) is 0. The van der Waals surface area contributed by atoms with Crippen molar-refractivity contribution in [3.05, 3.63) is 53.1 Å². The van der Waals surface area contributed by atoms with Gasteiger partial charge in [-0.3, -0.25) is 18.3 Å². The van der Waals surface area contributed by atoms with E-state index < -0.39 is 10.2 Å². The summed E-state index contributed by atoms with van der Waals surface area (Å²) in [7, 11) is 1.23. The van der Waals surface area contributed by atoms with Crippen LogP contribution in [0.5, 0.6) is 5.75 Å². The van der Waals surface area contributed by atoms with Crippen LogP contribution >= 0.6 is 12.4 Å². The molecule has 2 aliphatic rings. The van der Waals surface area contributed by atoms with Crippen LogP contribution in [0.4, 0.5) is 11.4 Å². The van der Waals surface area contributed by atoms with E-state index in [9.17, 15) is 13.2 Å². The Labute approximate surface area is 196 Å². The predicted octanol–water partition coefficient (Wildman–Crippen LogP) is 3.66. The van der Waals surface area contributed by atoms with Crippen LogP contribution in [0.1, 0.15) is 40.7 Å². The molecule has 2 aliphatic heterocycles. The first kappa shape index (κ1) is 24.4.